The Hall–Kier alpha value is -4.02. The highest BCUT2D eigenvalue weighted by Gasteiger charge is 2.54. The van der Waals surface area contributed by atoms with Crippen LogP contribution in [0.2, 0.25) is 0 Å². The normalized spacial score (nSPS) is 21.6. The van der Waals surface area contributed by atoms with Gasteiger partial charge in [-0.2, -0.15) is 0 Å². The monoisotopic (exact) mass is 613 g/mol. The first-order valence-electron chi connectivity index (χ1n) is 15.2. The number of carbonyl (C=O) groups excluding carboxylic acids is 2. The molecule has 3 aromatic carbocycles. The van der Waals surface area contributed by atoms with Crippen LogP contribution in [0, 0.1) is 5.92 Å². The van der Waals surface area contributed by atoms with Crippen molar-refractivity contribution < 1.29 is 38.0 Å². The molecule has 4 aromatic rings. The summed E-state index contributed by atoms with van der Waals surface area (Å²) in [6.07, 6.45) is -0.422. The van der Waals surface area contributed by atoms with Crippen molar-refractivity contribution in [3.8, 4) is 0 Å². The molecule has 3 heterocycles. The van der Waals surface area contributed by atoms with Crippen LogP contribution in [0.15, 0.2) is 91.1 Å². The summed E-state index contributed by atoms with van der Waals surface area (Å²) in [5.41, 5.74) is 3.42. The summed E-state index contributed by atoms with van der Waals surface area (Å²) in [5, 5.41) is 0.840. The molecule has 0 spiro atoms. The van der Waals surface area contributed by atoms with E-state index in [0.717, 1.165) is 22.0 Å². The number of fused-ring (bicyclic) bond motifs is 1. The van der Waals surface area contributed by atoms with Crippen molar-refractivity contribution in [1.82, 2.24) is 4.98 Å². The molecule has 4 atom stereocenters. The number of nitrogens with one attached hydrogen (secondary N) is 1. The van der Waals surface area contributed by atoms with Gasteiger partial charge in [-0.15, -0.1) is 0 Å². The van der Waals surface area contributed by atoms with Crippen LogP contribution in [0.5, 0.6) is 0 Å². The summed E-state index contributed by atoms with van der Waals surface area (Å²) in [7, 11) is 0. The average molecular weight is 614 g/mol. The van der Waals surface area contributed by atoms with Crippen LogP contribution in [-0.2, 0) is 51.2 Å². The lowest BCUT2D eigenvalue weighted by molar-refractivity contribution is -0.245. The average Bonchev–Trinajstić information content (AvgIpc) is 3.60. The molecule has 2 fully saturated rings. The van der Waals surface area contributed by atoms with E-state index in [-0.39, 0.29) is 19.8 Å². The highest BCUT2D eigenvalue weighted by molar-refractivity contribution is 5.99. The van der Waals surface area contributed by atoms with Crippen molar-refractivity contribution in [1.29, 1.82) is 0 Å². The lowest BCUT2D eigenvalue weighted by Crippen LogP contribution is -2.54. The van der Waals surface area contributed by atoms with E-state index in [9.17, 15) is 9.59 Å². The molecule has 2 saturated heterocycles. The largest absolute Gasteiger partial charge is 0.422 e. The van der Waals surface area contributed by atoms with E-state index in [1.165, 1.54) is 0 Å². The lowest BCUT2D eigenvalue weighted by atomic mass is 9.78. The van der Waals surface area contributed by atoms with Gasteiger partial charge in [-0.1, -0.05) is 78.9 Å². The first kappa shape index (κ1) is 31.0. The zero-order chi connectivity index (χ0) is 31.6. The molecule has 0 radical (unpaired) electrons. The number of rotatable bonds is 11. The van der Waals surface area contributed by atoms with Crippen molar-refractivity contribution in [3.63, 3.8) is 0 Å². The van der Waals surface area contributed by atoms with Gasteiger partial charge in [-0.05, 0) is 36.6 Å². The Morgan fingerprint density at radius 2 is 1.36 bits per heavy atom. The molecule has 0 amide bonds. The summed E-state index contributed by atoms with van der Waals surface area (Å²) in [6.45, 7) is 7.43. The molecule has 0 bridgehead atoms. The van der Waals surface area contributed by atoms with Gasteiger partial charge >= 0.3 is 11.9 Å². The summed E-state index contributed by atoms with van der Waals surface area (Å²) in [4.78, 5) is 30.9. The van der Waals surface area contributed by atoms with Crippen molar-refractivity contribution in [2.75, 3.05) is 6.61 Å². The minimum absolute atomic E-state index is 0.189. The number of esters is 2. The number of hydrogen-bond acceptors (Lipinski definition) is 8. The molecule has 9 heteroatoms. The summed E-state index contributed by atoms with van der Waals surface area (Å²) >= 11 is 0. The van der Waals surface area contributed by atoms with E-state index in [2.05, 4.69) is 4.98 Å². The van der Waals surface area contributed by atoms with Gasteiger partial charge in [-0.3, -0.25) is 9.59 Å². The van der Waals surface area contributed by atoms with Crippen molar-refractivity contribution in [2.45, 2.75) is 76.7 Å². The van der Waals surface area contributed by atoms with Gasteiger partial charge in [0.15, 0.2) is 11.7 Å². The van der Waals surface area contributed by atoms with Crippen molar-refractivity contribution >= 4 is 22.8 Å². The number of para-hydroxylation sites is 1. The summed E-state index contributed by atoms with van der Waals surface area (Å²) in [6, 6.07) is 27.2. The minimum Gasteiger partial charge on any atom is -0.422 e. The maximum absolute atomic E-state index is 13.8. The van der Waals surface area contributed by atoms with Crippen LogP contribution in [0.4, 0.5) is 0 Å². The molecule has 9 nitrogen and oxygen atoms in total. The molecule has 1 N–H and O–H groups in total. The molecule has 0 saturated carbocycles. The Morgan fingerprint density at radius 3 is 1.96 bits per heavy atom. The number of cyclic esters (lactones) is 2. The van der Waals surface area contributed by atoms with Gasteiger partial charge in [0.1, 0.15) is 12.2 Å². The Labute approximate surface area is 262 Å². The van der Waals surface area contributed by atoms with E-state index < -0.39 is 53.7 Å². The van der Waals surface area contributed by atoms with E-state index in [0.29, 0.717) is 5.56 Å². The quantitative estimate of drug-likeness (QED) is 0.162. The SMILES string of the molecule is CC1(C)OC(=O)C(C(c2c[nH]c3ccccc23)[C@H](OCc2ccccc2)[C@@H](OCc2ccccc2)[C@@H]2COC(C)(C)O2)C(=O)O1. The highest BCUT2D eigenvalue weighted by atomic mass is 16.8. The van der Waals surface area contributed by atoms with E-state index in [1.54, 1.807) is 13.8 Å². The fraction of sp³-hybridized carbons (Fsp3) is 0.389. The van der Waals surface area contributed by atoms with Gasteiger partial charge in [0.2, 0.25) is 0 Å². The van der Waals surface area contributed by atoms with Crippen LogP contribution in [0.3, 0.4) is 0 Å². The lowest BCUT2D eigenvalue weighted by Gasteiger charge is -2.41. The van der Waals surface area contributed by atoms with Crippen molar-refractivity contribution in [2.24, 2.45) is 5.92 Å². The number of H-pyrrole nitrogens is 1. The number of benzene rings is 3. The summed E-state index contributed by atoms with van der Waals surface area (Å²) < 4.78 is 37.3. The van der Waals surface area contributed by atoms with Crippen LogP contribution < -0.4 is 0 Å². The molecule has 2 aliphatic rings. The third-order valence-electron chi connectivity index (χ3n) is 8.19. The van der Waals surface area contributed by atoms with E-state index in [4.69, 9.17) is 28.4 Å². The number of hydrogen-bond donors (Lipinski definition) is 1. The first-order valence-corrected chi connectivity index (χ1v) is 15.2. The zero-order valence-electron chi connectivity index (χ0n) is 25.9. The number of ether oxygens (including phenoxy) is 6. The van der Waals surface area contributed by atoms with Crippen LogP contribution in [-0.4, -0.2) is 53.4 Å². The van der Waals surface area contributed by atoms with Crippen LogP contribution in [0.1, 0.15) is 50.3 Å². The third kappa shape index (κ3) is 6.97. The van der Waals surface area contributed by atoms with Gasteiger partial charge < -0.3 is 33.4 Å². The minimum atomic E-state index is -1.40. The van der Waals surface area contributed by atoms with E-state index in [1.807, 2.05) is 105 Å². The second-order valence-corrected chi connectivity index (χ2v) is 12.4. The smallest absolute Gasteiger partial charge is 0.324 e. The van der Waals surface area contributed by atoms with Gasteiger partial charge in [0, 0.05) is 36.9 Å². The first-order chi connectivity index (χ1) is 21.6. The Balaban J connectivity index is 1.49. The molecule has 45 heavy (non-hydrogen) atoms. The number of aromatic amines is 1. The zero-order valence-corrected chi connectivity index (χ0v) is 25.9. The Morgan fingerprint density at radius 1 is 0.778 bits per heavy atom. The molecule has 1 unspecified atom stereocenters. The maximum atomic E-state index is 13.8. The van der Waals surface area contributed by atoms with Gasteiger partial charge in [-0.25, -0.2) is 0 Å². The molecule has 0 aliphatic carbocycles. The predicted octanol–water partition coefficient (Wildman–Crippen LogP) is 6.03. The molecule has 1 aromatic heterocycles. The molecule has 236 valence electrons. The Bertz CT molecular complexity index is 1600. The predicted molar refractivity (Wildman–Crippen MR) is 166 cm³/mol. The number of aromatic nitrogens is 1. The fourth-order valence-electron chi connectivity index (χ4n) is 6.16. The highest BCUT2D eigenvalue weighted by Crippen LogP contribution is 2.43. The molecular weight excluding hydrogens is 574 g/mol. The second kappa shape index (κ2) is 12.8. The Kier molecular flexibility index (Phi) is 8.79. The molecule has 2 aliphatic heterocycles. The topological polar surface area (TPSA) is 105 Å². The van der Waals surface area contributed by atoms with Gasteiger partial charge in [0.05, 0.1) is 25.9 Å². The summed E-state index contributed by atoms with van der Waals surface area (Å²) in [5.74, 6) is -5.86. The molecular formula is C36H39NO8. The fourth-order valence-corrected chi connectivity index (χ4v) is 6.16. The third-order valence-corrected chi connectivity index (χ3v) is 8.19. The second-order valence-electron chi connectivity index (χ2n) is 12.4. The van der Waals surface area contributed by atoms with Crippen LogP contribution >= 0.6 is 0 Å². The van der Waals surface area contributed by atoms with Gasteiger partial charge in [0.25, 0.3) is 5.79 Å². The van der Waals surface area contributed by atoms with E-state index >= 15 is 0 Å². The standard InChI is InChI=1S/C36H39NO8/c1-35(2)42-22-28(43-35)31(40-20-23-13-7-5-8-14-23)32(41-21-24-15-9-6-10-16-24)29(26-19-37-27-18-12-11-17-25(26)27)30-33(38)44-36(3,4)45-34(30)39/h5-19,28-32,37H,20-22H2,1-4H3/t28-,29?,31-,32-/m0/s1. The maximum Gasteiger partial charge on any atom is 0.324 e. The van der Waals surface area contributed by atoms with Crippen LogP contribution in [0.25, 0.3) is 10.9 Å². The molecule has 6 rings (SSSR count). The van der Waals surface area contributed by atoms with Crippen molar-refractivity contribution in [3.05, 3.63) is 108 Å². The number of carbonyl (C=O) groups is 2.